The van der Waals surface area contributed by atoms with Crippen LogP contribution in [0.3, 0.4) is 0 Å². The monoisotopic (exact) mass is 1140 g/mol. The molecule has 362 valence electrons. The number of rotatable bonds is 7. The van der Waals surface area contributed by atoms with Gasteiger partial charge in [0, 0.05) is 122 Å². The summed E-state index contributed by atoms with van der Waals surface area (Å²) in [4.78, 5) is 9.05. The van der Waals surface area contributed by atoms with Crippen LogP contribution in [0.5, 0.6) is 11.5 Å². The Morgan fingerprint density at radius 2 is 1.11 bits per heavy atom. The van der Waals surface area contributed by atoms with Gasteiger partial charge >= 0.3 is 0 Å². The molecule has 0 amide bonds. The molecule has 5 heterocycles. The molecule has 9 aromatic carbocycles. The van der Waals surface area contributed by atoms with Gasteiger partial charge in [-0.15, -0.1) is 48.1 Å². The van der Waals surface area contributed by atoms with Crippen molar-refractivity contribution in [2.75, 3.05) is 9.80 Å². The average Bonchev–Trinajstić information content (AvgIpc) is 4.40. The maximum Gasteiger partial charge on any atom is 0.135 e. The van der Waals surface area contributed by atoms with Gasteiger partial charge in [0.25, 0.3) is 0 Å². The molecule has 0 spiro atoms. The van der Waals surface area contributed by atoms with E-state index >= 15 is 0 Å². The zero-order valence-electron chi connectivity index (χ0n) is 46.5. The standard InChI is InChI=1S/C66H49N6O.Pt/c1-66(2,3)52-39-59(67-40-51(52)42-21-8-6-9-22-42)72-55-32-17-12-27-47(55)48-36-35-46(38-58(48)72)73-45-26-20-25-44(37-45)70-41-71(57-34-19-18-33-56(57)70)65-63-61(49-28-13-15-30-53(49)68(63)4)60(43-23-10-7-11-24-43)62-50-29-14-16-31-54(50)69(5)64(62)65;/h6-36,39-41H,1-5H3;/q-3;/i4D3,5D3;. The Hall–Kier alpha value is -8.38. The number of hydrogen-bond donors (Lipinski definition) is 0. The van der Waals surface area contributed by atoms with Gasteiger partial charge in [-0.25, -0.2) is 4.98 Å². The van der Waals surface area contributed by atoms with Crippen LogP contribution in [0.1, 0.15) is 34.6 Å². The number of benzene rings is 9. The molecule has 0 radical (unpaired) electrons. The van der Waals surface area contributed by atoms with E-state index in [1.165, 1.54) is 14.7 Å². The fraction of sp³-hybridized carbons (Fsp3) is 0.0909. The zero-order chi connectivity index (χ0) is 54.1. The van der Waals surface area contributed by atoms with Crippen LogP contribution in [0.25, 0.3) is 93.5 Å². The summed E-state index contributed by atoms with van der Waals surface area (Å²) in [6.45, 7) is 3.19. The molecule has 0 aliphatic carbocycles. The Balaban J connectivity index is 0.00000605. The molecule has 13 aromatic rings. The van der Waals surface area contributed by atoms with Crippen molar-refractivity contribution in [1.29, 1.82) is 0 Å². The summed E-state index contributed by atoms with van der Waals surface area (Å²) in [6, 6.07) is 70.5. The molecular weight excluding hydrogens is 1090 g/mol. The number of fused-ring (bicyclic) bond motifs is 10. The van der Waals surface area contributed by atoms with Gasteiger partial charge < -0.3 is 28.2 Å². The van der Waals surface area contributed by atoms with Crippen molar-refractivity contribution in [3.63, 3.8) is 0 Å². The van der Waals surface area contributed by atoms with E-state index in [0.717, 1.165) is 66.3 Å². The van der Waals surface area contributed by atoms with Gasteiger partial charge in [-0.3, -0.25) is 0 Å². The zero-order valence-corrected chi connectivity index (χ0v) is 42.8. The SMILES string of the molecule is [2H]C([2H])([2H])n1c2ccccc2c2c(-c3ccccc3)c3c4ccccc4n(C([2H])([2H])[2H])c3c(N3[CH-]N(c4[c-]c(Oc5[c-]c6c(cc5)c5ccccc5n6-c5cc(C(C)(C)C)c(-c6ccccc6)cn5)ccc4)c4ccccc43)c21.[Pt]. The molecule has 0 fully saturated rings. The van der Waals surface area contributed by atoms with Gasteiger partial charge in [-0.05, 0) is 63.9 Å². The van der Waals surface area contributed by atoms with Crippen molar-refractivity contribution < 1.29 is 34.0 Å². The molecule has 74 heavy (non-hydrogen) atoms. The molecule has 4 aromatic heterocycles. The number of nitrogens with zero attached hydrogens (tertiary/aromatic N) is 6. The molecule has 0 bridgehead atoms. The first kappa shape index (κ1) is 39.2. The molecule has 0 unspecified atom stereocenters. The predicted molar refractivity (Wildman–Crippen MR) is 302 cm³/mol. The number of para-hydroxylation sites is 5. The molecule has 0 atom stereocenters. The number of pyridine rings is 1. The number of aryl methyl sites for hydroxylation is 2. The van der Waals surface area contributed by atoms with Crippen molar-refractivity contribution in [2.45, 2.75) is 26.2 Å². The summed E-state index contributed by atoms with van der Waals surface area (Å²) in [5, 5.41) is 4.92. The molecule has 14 rings (SSSR count). The van der Waals surface area contributed by atoms with Crippen LogP contribution in [0.2, 0.25) is 0 Å². The number of hydrogen-bond acceptors (Lipinski definition) is 4. The van der Waals surface area contributed by atoms with Crippen molar-refractivity contribution in [1.82, 2.24) is 18.7 Å². The van der Waals surface area contributed by atoms with Gasteiger partial charge in [0.2, 0.25) is 0 Å². The van der Waals surface area contributed by atoms with E-state index in [0.29, 0.717) is 61.4 Å². The third-order valence-corrected chi connectivity index (χ3v) is 14.4. The maximum atomic E-state index is 9.23. The van der Waals surface area contributed by atoms with E-state index in [2.05, 4.69) is 86.0 Å². The molecule has 8 heteroatoms. The molecular formula is C66H49N6OPt-3. The minimum Gasteiger partial charge on any atom is -0.509 e. The number of aromatic nitrogens is 4. The fourth-order valence-electron chi connectivity index (χ4n) is 11.2. The molecule has 1 aliphatic heterocycles. The second-order valence-electron chi connectivity index (χ2n) is 19.7. The van der Waals surface area contributed by atoms with Crippen LogP contribution in [0.15, 0.2) is 200 Å². The Labute approximate surface area is 452 Å². The number of anilines is 4. The largest absolute Gasteiger partial charge is 0.509 e. The van der Waals surface area contributed by atoms with E-state index in [1.54, 1.807) is 0 Å². The van der Waals surface area contributed by atoms with Crippen molar-refractivity contribution in [2.24, 2.45) is 14.0 Å². The third-order valence-electron chi connectivity index (χ3n) is 14.4. The Kier molecular flexibility index (Phi) is 9.21. The van der Waals surface area contributed by atoms with Gasteiger partial charge in [0.1, 0.15) is 5.82 Å². The minimum absolute atomic E-state index is 0. The normalized spacial score (nSPS) is 14.3. The first-order valence-electron chi connectivity index (χ1n) is 27.5. The van der Waals surface area contributed by atoms with E-state index in [9.17, 15) is 8.22 Å². The van der Waals surface area contributed by atoms with Crippen molar-refractivity contribution >= 4 is 88.2 Å². The van der Waals surface area contributed by atoms with Gasteiger partial charge in [-0.2, -0.15) is 12.1 Å². The van der Waals surface area contributed by atoms with E-state index in [4.69, 9.17) is 9.72 Å². The first-order valence-corrected chi connectivity index (χ1v) is 24.5. The van der Waals surface area contributed by atoms with Crippen molar-refractivity contribution in [3.8, 4) is 39.6 Å². The van der Waals surface area contributed by atoms with Gasteiger partial charge in [0.05, 0.1) is 16.7 Å². The predicted octanol–water partition coefficient (Wildman–Crippen LogP) is 16.9. The van der Waals surface area contributed by atoms with Gasteiger partial charge in [-0.1, -0.05) is 154 Å². The van der Waals surface area contributed by atoms with Crippen LogP contribution in [-0.2, 0) is 40.4 Å². The Bertz CT molecular complexity index is 4490. The van der Waals surface area contributed by atoms with Crippen LogP contribution < -0.4 is 14.5 Å². The van der Waals surface area contributed by atoms with E-state index in [1.807, 2.05) is 168 Å². The first-order chi connectivity index (χ1) is 38.1. The summed E-state index contributed by atoms with van der Waals surface area (Å²) in [7, 11) is 0. The van der Waals surface area contributed by atoms with Crippen LogP contribution in [-0.4, -0.2) is 18.7 Å². The Morgan fingerprint density at radius 3 is 1.76 bits per heavy atom. The van der Waals surface area contributed by atoms with Gasteiger partial charge in [0.15, 0.2) is 0 Å². The molecule has 7 nitrogen and oxygen atoms in total. The van der Waals surface area contributed by atoms with Crippen molar-refractivity contribution in [3.05, 3.63) is 225 Å². The van der Waals surface area contributed by atoms with Crippen LogP contribution in [0.4, 0.5) is 22.7 Å². The molecule has 0 N–H and O–H groups in total. The average molecular weight is 1140 g/mol. The second-order valence-corrected chi connectivity index (χ2v) is 19.7. The Morgan fingerprint density at radius 1 is 0.541 bits per heavy atom. The third kappa shape index (κ3) is 6.94. The van der Waals surface area contributed by atoms with Crippen LogP contribution >= 0.6 is 0 Å². The minimum atomic E-state index is -2.69. The maximum absolute atomic E-state index is 9.23. The summed E-state index contributed by atoms with van der Waals surface area (Å²) < 4.78 is 67.1. The molecule has 1 aliphatic rings. The topological polar surface area (TPSA) is 43.4 Å². The summed E-state index contributed by atoms with van der Waals surface area (Å²) in [5.41, 5.74) is 10.8. The fourth-order valence-corrected chi connectivity index (χ4v) is 11.2. The molecule has 0 saturated heterocycles. The summed E-state index contributed by atoms with van der Waals surface area (Å²) >= 11 is 0. The number of ether oxygens (including phenoxy) is 1. The summed E-state index contributed by atoms with van der Waals surface area (Å²) in [6.07, 6.45) is 1.98. The summed E-state index contributed by atoms with van der Waals surface area (Å²) in [5.74, 6) is 1.68. The van der Waals surface area contributed by atoms with E-state index in [-0.39, 0.29) is 26.5 Å². The quantitative estimate of drug-likeness (QED) is 0.149. The second kappa shape index (κ2) is 17.4. The smallest absolute Gasteiger partial charge is 0.135 e. The van der Waals surface area contributed by atoms with E-state index < -0.39 is 14.0 Å². The molecule has 0 saturated carbocycles. The van der Waals surface area contributed by atoms with Crippen LogP contribution in [0, 0.1) is 18.8 Å².